The van der Waals surface area contributed by atoms with E-state index in [0.717, 1.165) is 51.4 Å². The molecule has 0 atom stereocenters. The summed E-state index contributed by atoms with van der Waals surface area (Å²) >= 11 is 0. The van der Waals surface area contributed by atoms with E-state index in [4.69, 9.17) is 10.5 Å². The standard InChI is InChI=1S/C19H31N5O2/c1-2-24(16-17-7-4-3-5-8-17)18(25)15-22-19(20)21-9-6-10-23-11-13-26-14-12-23/h3-5,7-8H,2,6,9-16H2,1H3,(H3,20,21,22). The largest absolute Gasteiger partial charge is 0.379 e. The van der Waals surface area contributed by atoms with Crippen molar-refractivity contribution in [3.63, 3.8) is 0 Å². The van der Waals surface area contributed by atoms with Crippen molar-refractivity contribution in [3.8, 4) is 0 Å². The van der Waals surface area contributed by atoms with Crippen molar-refractivity contribution in [1.29, 1.82) is 0 Å². The maximum absolute atomic E-state index is 12.3. The van der Waals surface area contributed by atoms with Gasteiger partial charge in [0, 0.05) is 32.7 Å². The van der Waals surface area contributed by atoms with Crippen LogP contribution in [0.25, 0.3) is 0 Å². The van der Waals surface area contributed by atoms with Crippen LogP contribution < -0.4 is 11.1 Å². The molecular weight excluding hydrogens is 330 g/mol. The summed E-state index contributed by atoms with van der Waals surface area (Å²) in [5.41, 5.74) is 6.98. The molecule has 1 saturated heterocycles. The fourth-order valence-electron chi connectivity index (χ4n) is 2.83. The van der Waals surface area contributed by atoms with Gasteiger partial charge in [0.15, 0.2) is 5.96 Å². The Hall–Kier alpha value is -2.12. The molecule has 26 heavy (non-hydrogen) atoms. The van der Waals surface area contributed by atoms with Gasteiger partial charge in [-0.05, 0) is 25.5 Å². The number of hydrogen-bond donors (Lipinski definition) is 2. The molecule has 0 unspecified atom stereocenters. The smallest absolute Gasteiger partial charge is 0.244 e. The molecule has 0 aliphatic carbocycles. The Morgan fingerprint density at radius 3 is 2.73 bits per heavy atom. The second-order valence-corrected chi connectivity index (χ2v) is 6.33. The van der Waals surface area contributed by atoms with Crippen molar-refractivity contribution in [1.82, 2.24) is 15.1 Å². The van der Waals surface area contributed by atoms with Crippen molar-refractivity contribution >= 4 is 11.9 Å². The SMILES string of the molecule is CCN(Cc1ccccc1)C(=O)CN=C(N)NCCCN1CCOCC1. The molecule has 0 spiro atoms. The lowest BCUT2D eigenvalue weighted by molar-refractivity contribution is -0.130. The Morgan fingerprint density at radius 2 is 2.04 bits per heavy atom. The van der Waals surface area contributed by atoms with Gasteiger partial charge in [-0.1, -0.05) is 30.3 Å². The Morgan fingerprint density at radius 1 is 1.31 bits per heavy atom. The number of ether oxygens (including phenoxy) is 1. The monoisotopic (exact) mass is 361 g/mol. The number of hydrogen-bond acceptors (Lipinski definition) is 4. The van der Waals surface area contributed by atoms with Gasteiger partial charge in [-0.25, -0.2) is 4.99 Å². The molecule has 1 amide bonds. The number of aliphatic imine (C=N–C) groups is 1. The molecule has 0 radical (unpaired) electrons. The highest BCUT2D eigenvalue weighted by atomic mass is 16.5. The minimum Gasteiger partial charge on any atom is -0.379 e. The number of amides is 1. The van der Waals surface area contributed by atoms with Crippen molar-refractivity contribution in [2.45, 2.75) is 19.9 Å². The summed E-state index contributed by atoms with van der Waals surface area (Å²) in [6.07, 6.45) is 0.985. The van der Waals surface area contributed by atoms with E-state index in [1.54, 1.807) is 4.90 Å². The van der Waals surface area contributed by atoms with Crippen LogP contribution in [-0.4, -0.2) is 74.1 Å². The Labute approximate surface area is 156 Å². The Kier molecular flexibility index (Phi) is 8.92. The maximum Gasteiger partial charge on any atom is 0.244 e. The first-order valence-electron chi connectivity index (χ1n) is 9.34. The summed E-state index contributed by atoms with van der Waals surface area (Å²) < 4.78 is 5.33. The fourth-order valence-corrected chi connectivity index (χ4v) is 2.83. The molecule has 7 nitrogen and oxygen atoms in total. The number of nitrogens with zero attached hydrogens (tertiary/aromatic N) is 3. The van der Waals surface area contributed by atoms with E-state index in [2.05, 4.69) is 15.2 Å². The Bertz CT molecular complexity index is 558. The van der Waals surface area contributed by atoms with E-state index in [1.807, 2.05) is 37.3 Å². The number of carbonyl (C=O) groups excluding carboxylic acids is 1. The summed E-state index contributed by atoms with van der Waals surface area (Å²) in [5.74, 6) is 0.311. The van der Waals surface area contributed by atoms with Gasteiger partial charge in [0.2, 0.25) is 5.91 Å². The number of guanidine groups is 1. The van der Waals surface area contributed by atoms with Gasteiger partial charge in [0.1, 0.15) is 6.54 Å². The van der Waals surface area contributed by atoms with Crippen molar-refractivity contribution in [2.75, 3.05) is 52.5 Å². The van der Waals surface area contributed by atoms with Crippen LogP contribution in [-0.2, 0) is 16.1 Å². The molecule has 0 aromatic heterocycles. The molecule has 1 aromatic carbocycles. The molecule has 7 heteroatoms. The van der Waals surface area contributed by atoms with Crippen molar-refractivity contribution in [2.24, 2.45) is 10.7 Å². The molecule has 1 heterocycles. The topological polar surface area (TPSA) is 83.2 Å². The summed E-state index contributed by atoms with van der Waals surface area (Å²) in [5, 5.41) is 3.08. The van der Waals surface area contributed by atoms with E-state index < -0.39 is 0 Å². The van der Waals surface area contributed by atoms with Crippen LogP contribution in [0.4, 0.5) is 0 Å². The minimum atomic E-state index is -0.0191. The highest BCUT2D eigenvalue weighted by Gasteiger charge is 2.12. The van der Waals surface area contributed by atoms with E-state index in [0.29, 0.717) is 19.0 Å². The molecular formula is C19H31N5O2. The molecule has 2 rings (SSSR count). The predicted molar refractivity (Wildman–Crippen MR) is 104 cm³/mol. The van der Waals surface area contributed by atoms with Crippen molar-refractivity contribution < 1.29 is 9.53 Å². The molecule has 0 saturated carbocycles. The van der Waals surface area contributed by atoms with Gasteiger partial charge in [0.25, 0.3) is 0 Å². The van der Waals surface area contributed by atoms with Crippen LogP contribution in [0.1, 0.15) is 18.9 Å². The zero-order valence-corrected chi connectivity index (χ0v) is 15.7. The third-order valence-corrected chi connectivity index (χ3v) is 4.40. The fraction of sp³-hybridized carbons (Fsp3) is 0.579. The maximum atomic E-state index is 12.3. The zero-order valence-electron chi connectivity index (χ0n) is 15.7. The second-order valence-electron chi connectivity index (χ2n) is 6.33. The van der Waals surface area contributed by atoms with Crippen LogP contribution in [0.3, 0.4) is 0 Å². The first-order valence-corrected chi connectivity index (χ1v) is 9.34. The third-order valence-electron chi connectivity index (χ3n) is 4.40. The lowest BCUT2D eigenvalue weighted by atomic mass is 10.2. The highest BCUT2D eigenvalue weighted by molar-refractivity contribution is 5.84. The number of likely N-dealkylation sites (N-methyl/N-ethyl adjacent to an activating group) is 1. The molecule has 1 aromatic rings. The molecule has 3 N–H and O–H groups in total. The average Bonchev–Trinajstić information content (AvgIpc) is 2.69. The Balaban J connectivity index is 1.66. The average molecular weight is 361 g/mol. The summed E-state index contributed by atoms with van der Waals surface area (Å²) in [4.78, 5) is 20.7. The normalized spacial score (nSPS) is 15.7. The van der Waals surface area contributed by atoms with Crippen LogP contribution in [0, 0.1) is 0 Å². The first-order chi connectivity index (χ1) is 12.7. The molecule has 1 fully saturated rings. The zero-order chi connectivity index (χ0) is 18.6. The van der Waals surface area contributed by atoms with E-state index in [1.165, 1.54) is 0 Å². The molecule has 1 aliphatic rings. The quantitative estimate of drug-likeness (QED) is 0.384. The summed E-state index contributed by atoms with van der Waals surface area (Å²) in [6.45, 7) is 8.67. The van der Waals surface area contributed by atoms with E-state index >= 15 is 0 Å². The van der Waals surface area contributed by atoms with E-state index in [9.17, 15) is 4.79 Å². The van der Waals surface area contributed by atoms with Crippen LogP contribution in [0.5, 0.6) is 0 Å². The predicted octanol–water partition coefficient (Wildman–Crippen LogP) is 0.662. The number of benzene rings is 1. The number of rotatable bonds is 9. The van der Waals surface area contributed by atoms with Gasteiger partial charge >= 0.3 is 0 Å². The van der Waals surface area contributed by atoms with Gasteiger partial charge in [-0.3, -0.25) is 9.69 Å². The summed E-state index contributed by atoms with van der Waals surface area (Å²) in [7, 11) is 0. The van der Waals surface area contributed by atoms with Crippen LogP contribution >= 0.6 is 0 Å². The molecule has 144 valence electrons. The lowest BCUT2D eigenvalue weighted by Crippen LogP contribution is -2.39. The number of carbonyl (C=O) groups is 1. The molecule has 0 bridgehead atoms. The van der Waals surface area contributed by atoms with Gasteiger partial charge in [-0.15, -0.1) is 0 Å². The number of morpholine rings is 1. The third kappa shape index (κ3) is 7.41. The summed E-state index contributed by atoms with van der Waals surface area (Å²) in [6, 6.07) is 9.96. The second kappa shape index (κ2) is 11.5. The molecule has 1 aliphatic heterocycles. The minimum absolute atomic E-state index is 0.0191. The number of nitrogens with one attached hydrogen (secondary N) is 1. The first kappa shape index (κ1) is 20.2. The van der Waals surface area contributed by atoms with Crippen molar-refractivity contribution in [3.05, 3.63) is 35.9 Å². The highest BCUT2D eigenvalue weighted by Crippen LogP contribution is 2.04. The lowest BCUT2D eigenvalue weighted by Gasteiger charge is -2.26. The van der Waals surface area contributed by atoms with Gasteiger partial charge < -0.3 is 20.7 Å². The van der Waals surface area contributed by atoms with Gasteiger partial charge in [0.05, 0.1) is 13.2 Å². The van der Waals surface area contributed by atoms with Crippen LogP contribution in [0.15, 0.2) is 35.3 Å². The van der Waals surface area contributed by atoms with E-state index in [-0.39, 0.29) is 12.5 Å². The number of nitrogens with two attached hydrogens (primary N) is 1. The van der Waals surface area contributed by atoms with Crippen LogP contribution in [0.2, 0.25) is 0 Å². The van der Waals surface area contributed by atoms with Gasteiger partial charge in [-0.2, -0.15) is 0 Å².